The number of benzene rings is 1. The molecule has 0 saturated heterocycles. The van der Waals surface area contributed by atoms with Crippen LogP contribution in [0.1, 0.15) is 22.5 Å². The van der Waals surface area contributed by atoms with E-state index in [0.29, 0.717) is 24.4 Å². The maximum atomic E-state index is 13.3. The van der Waals surface area contributed by atoms with E-state index in [0.717, 1.165) is 35.6 Å². The van der Waals surface area contributed by atoms with Crippen LogP contribution in [0.15, 0.2) is 35.3 Å². The first-order valence-corrected chi connectivity index (χ1v) is 9.54. The molecule has 0 bridgehead atoms. The maximum absolute atomic E-state index is 13.3. The summed E-state index contributed by atoms with van der Waals surface area (Å²) < 4.78 is 20.3. The second-order valence-electron chi connectivity index (χ2n) is 6.60. The van der Waals surface area contributed by atoms with Crippen molar-refractivity contribution >= 4 is 14.9 Å². The third kappa shape index (κ3) is 3.62. The number of aromatic nitrogens is 5. The Morgan fingerprint density at radius 2 is 2.21 bits per heavy atom. The summed E-state index contributed by atoms with van der Waals surface area (Å²) in [6, 6.07) is 7.31. The van der Waals surface area contributed by atoms with Crippen molar-refractivity contribution in [3.8, 4) is 5.75 Å². The van der Waals surface area contributed by atoms with Crippen LogP contribution in [0.5, 0.6) is 5.75 Å². The van der Waals surface area contributed by atoms with Gasteiger partial charge in [0.05, 0.1) is 30.7 Å². The van der Waals surface area contributed by atoms with Gasteiger partial charge in [-0.05, 0) is 13.0 Å². The zero-order valence-corrected chi connectivity index (χ0v) is 16.5. The molecule has 0 fully saturated rings. The van der Waals surface area contributed by atoms with E-state index < -0.39 is 6.10 Å². The van der Waals surface area contributed by atoms with Crippen molar-refractivity contribution < 1.29 is 9.13 Å². The Hall–Kier alpha value is -2.80. The molecule has 0 spiro atoms. The van der Waals surface area contributed by atoms with Crippen molar-refractivity contribution in [1.82, 2.24) is 25.2 Å². The molecule has 1 N–H and O–H groups in total. The average Bonchev–Trinajstić information content (AvgIpc) is 3.07. The van der Waals surface area contributed by atoms with Crippen LogP contribution in [0, 0.1) is 6.92 Å². The van der Waals surface area contributed by atoms with Crippen LogP contribution < -0.4 is 15.2 Å². The van der Waals surface area contributed by atoms with E-state index >= 15 is 0 Å². The Morgan fingerprint density at radius 1 is 1.39 bits per heavy atom. The lowest BCUT2D eigenvalue weighted by molar-refractivity contribution is 0.151. The molecule has 2 atom stereocenters. The van der Waals surface area contributed by atoms with Gasteiger partial charge in [0.15, 0.2) is 0 Å². The summed E-state index contributed by atoms with van der Waals surface area (Å²) in [7, 11) is 1.98. The predicted octanol–water partition coefficient (Wildman–Crippen LogP) is 1.79. The van der Waals surface area contributed by atoms with Gasteiger partial charge in [0.25, 0.3) is 5.56 Å². The van der Waals surface area contributed by atoms with Gasteiger partial charge in [-0.15, -0.1) is 5.10 Å². The number of alkyl halides is 1. The molecule has 1 aliphatic heterocycles. The number of halogens is 1. The lowest BCUT2D eigenvalue weighted by Crippen LogP contribution is -2.33. The molecular formula is C18H20FN6O2P. The zero-order valence-electron chi connectivity index (χ0n) is 15.3. The molecule has 0 amide bonds. The quantitative estimate of drug-likeness (QED) is 0.655. The molecule has 2 unspecified atom stereocenters. The number of fused-ring (bicyclic) bond motifs is 1. The highest BCUT2D eigenvalue weighted by atomic mass is 31.0. The number of H-pyrrole nitrogens is 1. The summed E-state index contributed by atoms with van der Waals surface area (Å²) in [4.78, 5) is 13.9. The Morgan fingerprint density at radius 3 is 3.04 bits per heavy atom. The van der Waals surface area contributed by atoms with Crippen LogP contribution in [0.2, 0.25) is 0 Å². The minimum Gasteiger partial charge on any atom is -0.457 e. The lowest BCUT2D eigenvalue weighted by atomic mass is 10.1. The van der Waals surface area contributed by atoms with Gasteiger partial charge in [0.2, 0.25) is 6.10 Å². The van der Waals surface area contributed by atoms with E-state index in [2.05, 4.69) is 25.4 Å². The second kappa shape index (κ2) is 7.67. The van der Waals surface area contributed by atoms with Crippen molar-refractivity contribution in [2.75, 3.05) is 11.4 Å². The Labute approximate surface area is 162 Å². The number of hydrogen-bond acceptors (Lipinski definition) is 6. The molecule has 0 aliphatic carbocycles. The number of ether oxygens (including phenoxy) is 1. The van der Waals surface area contributed by atoms with Crippen molar-refractivity contribution in [3.05, 3.63) is 63.3 Å². The smallest absolute Gasteiger partial charge is 0.269 e. The number of nitrogens with zero attached hydrogens (tertiary/aromatic N) is 5. The monoisotopic (exact) mass is 402 g/mol. The second-order valence-corrected chi connectivity index (χ2v) is 7.12. The first kappa shape index (κ1) is 18.6. The van der Waals surface area contributed by atoms with Gasteiger partial charge >= 0.3 is 0 Å². The van der Waals surface area contributed by atoms with E-state index in [1.165, 1.54) is 0 Å². The minimum atomic E-state index is -1.47. The minimum absolute atomic E-state index is 0.191. The Kier molecular flexibility index (Phi) is 5.09. The largest absolute Gasteiger partial charge is 0.457 e. The van der Waals surface area contributed by atoms with Gasteiger partial charge in [0, 0.05) is 24.1 Å². The topological polar surface area (TPSA) is 88.9 Å². The molecule has 10 heteroatoms. The number of para-hydroxylation sites is 1. The highest BCUT2D eigenvalue weighted by Gasteiger charge is 2.24. The fraction of sp³-hybridized carbons (Fsp3) is 0.333. The van der Waals surface area contributed by atoms with Crippen LogP contribution in [0.25, 0.3) is 0 Å². The van der Waals surface area contributed by atoms with Crippen LogP contribution >= 0.6 is 9.24 Å². The van der Waals surface area contributed by atoms with E-state index in [9.17, 15) is 9.18 Å². The number of rotatable bonds is 5. The number of hydrogen-bond donors (Lipinski definition) is 1. The molecule has 0 saturated carbocycles. The van der Waals surface area contributed by atoms with Gasteiger partial charge in [-0.2, -0.15) is 9.49 Å². The first-order chi connectivity index (χ1) is 13.5. The molecule has 2 aromatic heterocycles. The van der Waals surface area contributed by atoms with Crippen LogP contribution in [-0.4, -0.2) is 37.8 Å². The van der Waals surface area contributed by atoms with Gasteiger partial charge in [-0.25, -0.2) is 9.78 Å². The van der Waals surface area contributed by atoms with Gasteiger partial charge in [-0.1, -0.05) is 32.7 Å². The van der Waals surface area contributed by atoms with Crippen LogP contribution in [0.3, 0.4) is 0 Å². The van der Waals surface area contributed by atoms with Gasteiger partial charge < -0.3 is 9.64 Å². The summed E-state index contributed by atoms with van der Waals surface area (Å²) in [5, 5.41) is 14.9. The summed E-state index contributed by atoms with van der Waals surface area (Å²) in [6.07, 6.45) is 0.924. The molecule has 8 nitrogen and oxygen atoms in total. The number of anilines is 1. The SMILES string of the molecule is Cc1c(N2CCc3c(nnn3Cc3ccccc3OC(F)P)C2)cn[nH]c1=O. The highest BCUT2D eigenvalue weighted by Crippen LogP contribution is 2.26. The van der Waals surface area contributed by atoms with E-state index in [1.54, 1.807) is 25.3 Å². The van der Waals surface area contributed by atoms with E-state index in [1.807, 2.05) is 26.1 Å². The number of aromatic amines is 1. The summed E-state index contributed by atoms with van der Waals surface area (Å²) in [6.45, 7) is 3.50. The fourth-order valence-corrected chi connectivity index (χ4v) is 3.54. The molecule has 1 aliphatic rings. The van der Waals surface area contributed by atoms with Crippen molar-refractivity contribution in [2.45, 2.75) is 32.5 Å². The number of nitrogens with one attached hydrogen (secondary N) is 1. The van der Waals surface area contributed by atoms with Crippen LogP contribution in [-0.2, 0) is 19.5 Å². The normalized spacial score (nSPS) is 14.6. The predicted molar refractivity (Wildman–Crippen MR) is 105 cm³/mol. The highest BCUT2D eigenvalue weighted by molar-refractivity contribution is 7.16. The third-order valence-corrected chi connectivity index (χ3v) is 4.96. The molecule has 3 aromatic rings. The zero-order chi connectivity index (χ0) is 19.7. The molecule has 0 radical (unpaired) electrons. The summed E-state index contributed by atoms with van der Waals surface area (Å²) >= 11 is 0. The molecule has 1 aromatic carbocycles. The van der Waals surface area contributed by atoms with E-state index in [4.69, 9.17) is 4.74 Å². The molecule has 3 heterocycles. The molecule has 146 valence electrons. The van der Waals surface area contributed by atoms with Crippen molar-refractivity contribution in [3.63, 3.8) is 0 Å². The van der Waals surface area contributed by atoms with Gasteiger partial charge in [-0.3, -0.25) is 4.79 Å². The molecular weight excluding hydrogens is 382 g/mol. The maximum Gasteiger partial charge on any atom is 0.269 e. The third-order valence-electron chi connectivity index (χ3n) is 4.83. The van der Waals surface area contributed by atoms with Crippen LogP contribution in [0.4, 0.5) is 10.1 Å². The van der Waals surface area contributed by atoms with Crippen molar-refractivity contribution in [1.29, 1.82) is 0 Å². The Balaban J connectivity index is 1.57. The standard InChI is InChI=1S/C18H20FN6O2P/c1-11-15(8-20-22-17(11)26)24-7-6-14-13(10-24)21-23-25(14)9-12-4-2-3-5-16(12)27-18(19)28/h2-5,8,18H,6-7,9-10,28H2,1H3,(H,22,26). The molecule has 4 rings (SSSR count). The molecule has 28 heavy (non-hydrogen) atoms. The van der Waals surface area contributed by atoms with Crippen molar-refractivity contribution in [2.24, 2.45) is 0 Å². The average molecular weight is 402 g/mol. The Bertz CT molecular complexity index is 1050. The lowest BCUT2D eigenvalue weighted by Gasteiger charge is -2.29. The van der Waals surface area contributed by atoms with E-state index in [-0.39, 0.29) is 5.56 Å². The fourth-order valence-electron chi connectivity index (χ4n) is 3.40. The summed E-state index contributed by atoms with van der Waals surface area (Å²) in [5.41, 5.74) is 3.97. The van der Waals surface area contributed by atoms with Gasteiger partial charge in [0.1, 0.15) is 11.4 Å². The first-order valence-electron chi connectivity index (χ1n) is 8.87. The summed E-state index contributed by atoms with van der Waals surface area (Å²) in [5.74, 6) is 0.483.